The van der Waals surface area contributed by atoms with E-state index in [1.165, 1.54) is 6.33 Å². The monoisotopic (exact) mass is 358 g/mol. The summed E-state index contributed by atoms with van der Waals surface area (Å²) in [5.41, 5.74) is 1.06. The average Bonchev–Trinajstić information content (AvgIpc) is 2.67. The molecule has 0 N–H and O–H groups in total. The predicted octanol–water partition coefficient (Wildman–Crippen LogP) is 1.79. The molecule has 9 nitrogen and oxygen atoms in total. The molecule has 0 atom stereocenters. The van der Waals surface area contributed by atoms with Crippen molar-refractivity contribution in [3.05, 3.63) is 40.7 Å². The van der Waals surface area contributed by atoms with E-state index in [9.17, 15) is 10.1 Å². The fraction of sp³-hybridized carbons (Fsp3) is 0.412. The van der Waals surface area contributed by atoms with Crippen molar-refractivity contribution in [2.75, 3.05) is 62.1 Å². The van der Waals surface area contributed by atoms with Gasteiger partial charge in [-0.3, -0.25) is 10.1 Å². The van der Waals surface area contributed by atoms with Gasteiger partial charge in [-0.15, -0.1) is 0 Å². The molecule has 3 rings (SSSR count). The van der Waals surface area contributed by atoms with Crippen LogP contribution in [0.4, 0.5) is 23.0 Å². The smallest absolute Gasteiger partial charge is 0.353 e. The van der Waals surface area contributed by atoms with Crippen LogP contribution in [-0.2, 0) is 0 Å². The highest BCUT2D eigenvalue weighted by Gasteiger charge is 2.30. The largest absolute Gasteiger partial charge is 0.497 e. The quantitative estimate of drug-likeness (QED) is 0.590. The van der Waals surface area contributed by atoms with E-state index in [1.54, 1.807) is 26.1 Å². The van der Waals surface area contributed by atoms with Crippen LogP contribution in [0.1, 0.15) is 0 Å². The van der Waals surface area contributed by atoms with Crippen LogP contribution in [0.15, 0.2) is 30.6 Å². The molecular weight excluding hydrogens is 336 g/mol. The first kappa shape index (κ1) is 17.7. The fourth-order valence-electron chi connectivity index (χ4n) is 3.05. The molecular formula is C17H22N6O3. The first-order valence-electron chi connectivity index (χ1n) is 8.32. The van der Waals surface area contributed by atoms with Crippen molar-refractivity contribution in [3.63, 3.8) is 0 Å². The molecule has 1 aromatic carbocycles. The maximum atomic E-state index is 11.6. The second kappa shape index (κ2) is 7.42. The number of benzene rings is 1. The highest BCUT2D eigenvalue weighted by molar-refractivity contribution is 5.71. The summed E-state index contributed by atoms with van der Waals surface area (Å²) < 4.78 is 5.19. The van der Waals surface area contributed by atoms with E-state index in [1.807, 2.05) is 29.2 Å². The van der Waals surface area contributed by atoms with Gasteiger partial charge in [-0.25, -0.2) is 9.97 Å². The molecule has 1 fully saturated rings. The topological polar surface area (TPSA) is 87.9 Å². The fourth-order valence-corrected chi connectivity index (χ4v) is 3.05. The van der Waals surface area contributed by atoms with Crippen molar-refractivity contribution in [2.24, 2.45) is 0 Å². The summed E-state index contributed by atoms with van der Waals surface area (Å²) in [5, 5.41) is 11.6. The van der Waals surface area contributed by atoms with Gasteiger partial charge in [0.15, 0.2) is 0 Å². The van der Waals surface area contributed by atoms with Gasteiger partial charge in [0.2, 0.25) is 11.6 Å². The minimum absolute atomic E-state index is 0.0459. The molecule has 0 aliphatic carbocycles. The minimum Gasteiger partial charge on any atom is -0.497 e. The molecule has 9 heteroatoms. The molecule has 26 heavy (non-hydrogen) atoms. The predicted molar refractivity (Wildman–Crippen MR) is 100 cm³/mol. The summed E-state index contributed by atoms with van der Waals surface area (Å²) in [6, 6.07) is 7.90. The van der Waals surface area contributed by atoms with Crippen LogP contribution in [0.3, 0.4) is 0 Å². The van der Waals surface area contributed by atoms with Crippen LogP contribution in [0.5, 0.6) is 5.75 Å². The Labute approximate surface area is 152 Å². The van der Waals surface area contributed by atoms with Gasteiger partial charge in [-0.2, -0.15) is 0 Å². The molecule has 2 heterocycles. The Morgan fingerprint density at radius 2 is 1.69 bits per heavy atom. The van der Waals surface area contributed by atoms with Gasteiger partial charge >= 0.3 is 5.69 Å². The Balaban J connectivity index is 1.77. The molecule has 1 saturated heterocycles. The zero-order chi connectivity index (χ0) is 18.7. The molecule has 1 aliphatic rings. The van der Waals surface area contributed by atoms with Gasteiger partial charge in [0, 0.05) is 46.0 Å². The first-order valence-corrected chi connectivity index (χ1v) is 8.32. The molecule has 0 unspecified atom stereocenters. The van der Waals surface area contributed by atoms with Gasteiger partial charge in [0.25, 0.3) is 0 Å². The van der Waals surface area contributed by atoms with Crippen LogP contribution in [0.25, 0.3) is 0 Å². The Kier molecular flexibility index (Phi) is 5.06. The second-order valence-corrected chi connectivity index (χ2v) is 6.19. The van der Waals surface area contributed by atoms with E-state index < -0.39 is 4.92 Å². The zero-order valence-electron chi connectivity index (χ0n) is 15.1. The van der Waals surface area contributed by atoms with Gasteiger partial charge < -0.3 is 19.4 Å². The van der Waals surface area contributed by atoms with Crippen LogP contribution < -0.4 is 19.4 Å². The SMILES string of the molecule is COc1ccc(N2CCN(c3ncnc(N(C)C)c3[N+](=O)[O-])CC2)cc1. The maximum Gasteiger partial charge on any atom is 0.353 e. The van der Waals surface area contributed by atoms with E-state index in [-0.39, 0.29) is 5.69 Å². The lowest BCUT2D eigenvalue weighted by Gasteiger charge is -2.36. The molecule has 0 saturated carbocycles. The third-order valence-corrected chi connectivity index (χ3v) is 4.41. The molecule has 1 aromatic heterocycles. The lowest BCUT2D eigenvalue weighted by Crippen LogP contribution is -2.47. The third-order valence-electron chi connectivity index (χ3n) is 4.41. The summed E-state index contributed by atoms with van der Waals surface area (Å²) in [7, 11) is 5.12. The average molecular weight is 358 g/mol. The number of hydrogen-bond donors (Lipinski definition) is 0. The van der Waals surface area contributed by atoms with Crippen molar-refractivity contribution in [3.8, 4) is 5.75 Å². The summed E-state index contributed by atoms with van der Waals surface area (Å²) in [4.78, 5) is 25.3. The lowest BCUT2D eigenvalue weighted by atomic mass is 10.2. The third kappa shape index (κ3) is 3.46. The van der Waals surface area contributed by atoms with Crippen molar-refractivity contribution >= 4 is 23.0 Å². The molecule has 1 aliphatic heterocycles. The van der Waals surface area contributed by atoms with E-state index in [0.29, 0.717) is 24.7 Å². The van der Waals surface area contributed by atoms with Crippen molar-refractivity contribution in [1.82, 2.24) is 9.97 Å². The normalized spacial score (nSPS) is 14.3. The molecule has 0 bridgehead atoms. The maximum absolute atomic E-state index is 11.6. The Bertz CT molecular complexity index is 773. The standard InChI is InChI=1S/C17H22N6O3/c1-20(2)16-15(23(24)25)17(19-12-18-16)22-10-8-21(9-11-22)13-4-6-14(26-3)7-5-13/h4-7,12H,8-11H2,1-3H3. The van der Waals surface area contributed by atoms with Gasteiger partial charge in [0.1, 0.15) is 12.1 Å². The lowest BCUT2D eigenvalue weighted by molar-refractivity contribution is -0.383. The Morgan fingerprint density at radius 1 is 1.08 bits per heavy atom. The summed E-state index contributed by atoms with van der Waals surface area (Å²) >= 11 is 0. The van der Waals surface area contributed by atoms with E-state index in [2.05, 4.69) is 14.9 Å². The van der Waals surface area contributed by atoms with Gasteiger partial charge in [-0.05, 0) is 24.3 Å². The number of hydrogen-bond acceptors (Lipinski definition) is 8. The van der Waals surface area contributed by atoms with Crippen LogP contribution >= 0.6 is 0 Å². The van der Waals surface area contributed by atoms with E-state index >= 15 is 0 Å². The number of nitrogens with zero attached hydrogens (tertiary/aromatic N) is 6. The number of methoxy groups -OCH3 is 1. The zero-order valence-corrected chi connectivity index (χ0v) is 15.1. The van der Waals surface area contributed by atoms with Crippen molar-refractivity contribution < 1.29 is 9.66 Å². The molecule has 0 spiro atoms. The molecule has 2 aromatic rings. The number of aromatic nitrogens is 2. The van der Waals surface area contributed by atoms with E-state index in [4.69, 9.17) is 4.74 Å². The number of anilines is 3. The summed E-state index contributed by atoms with van der Waals surface area (Å²) in [6.45, 7) is 2.81. The Hall–Kier alpha value is -3.10. The first-order chi connectivity index (χ1) is 12.5. The number of ether oxygens (including phenoxy) is 1. The Morgan fingerprint density at radius 3 is 2.23 bits per heavy atom. The van der Waals surface area contributed by atoms with E-state index in [0.717, 1.165) is 24.5 Å². The van der Waals surface area contributed by atoms with Gasteiger partial charge in [-0.1, -0.05) is 0 Å². The summed E-state index contributed by atoms with van der Waals surface area (Å²) in [5.74, 6) is 1.51. The van der Waals surface area contributed by atoms with Crippen molar-refractivity contribution in [2.45, 2.75) is 0 Å². The number of rotatable bonds is 5. The van der Waals surface area contributed by atoms with Gasteiger partial charge in [0.05, 0.1) is 12.0 Å². The molecule has 0 radical (unpaired) electrons. The molecule has 0 amide bonds. The minimum atomic E-state index is -0.402. The number of piperazine rings is 1. The highest BCUT2D eigenvalue weighted by atomic mass is 16.6. The molecule has 138 valence electrons. The number of nitro groups is 1. The summed E-state index contributed by atoms with van der Waals surface area (Å²) in [6.07, 6.45) is 1.38. The second-order valence-electron chi connectivity index (χ2n) is 6.19. The highest BCUT2D eigenvalue weighted by Crippen LogP contribution is 2.34. The van der Waals surface area contributed by atoms with Crippen LogP contribution in [-0.4, -0.2) is 62.3 Å². The van der Waals surface area contributed by atoms with Crippen LogP contribution in [0, 0.1) is 10.1 Å². The van der Waals surface area contributed by atoms with Crippen molar-refractivity contribution in [1.29, 1.82) is 0 Å². The van der Waals surface area contributed by atoms with Crippen LogP contribution in [0.2, 0.25) is 0 Å².